The number of carbonyl (C=O) groups is 1. The fraction of sp³-hybridized carbons (Fsp3) is 0.385. The zero-order valence-electron chi connectivity index (χ0n) is 10.4. The minimum atomic E-state index is -0.685. The lowest BCUT2D eigenvalue weighted by atomic mass is 10.1. The Morgan fingerprint density at radius 1 is 1.53 bits per heavy atom. The highest BCUT2D eigenvalue weighted by Gasteiger charge is 2.31. The third-order valence-electron chi connectivity index (χ3n) is 3.15. The summed E-state index contributed by atoms with van der Waals surface area (Å²) in [5.74, 6) is -1.18. The number of nitrogen functional groups attached to an aromatic ring is 1. The molecule has 5 nitrogen and oxygen atoms in total. The van der Waals surface area contributed by atoms with Crippen LogP contribution in [0.2, 0.25) is 0 Å². The zero-order chi connectivity index (χ0) is 14.0. The number of nitrogens with zero attached hydrogens (tertiary/aromatic N) is 2. The summed E-state index contributed by atoms with van der Waals surface area (Å²) < 4.78 is 14.0. The lowest BCUT2D eigenvalue weighted by molar-refractivity contribution is 0.100. The molecule has 0 spiro atoms. The van der Waals surface area contributed by atoms with Crippen molar-refractivity contribution in [2.45, 2.75) is 25.3 Å². The SMILES string of the molecule is N#CCCN(c1cc(C(N)=O)c(N)cc1F)C1CC1. The monoisotopic (exact) mass is 262 g/mol. The molecule has 2 rings (SSSR count). The molecule has 1 aliphatic carbocycles. The molecule has 1 aromatic carbocycles. The number of nitrogens with two attached hydrogens (primary N) is 2. The van der Waals surface area contributed by atoms with Gasteiger partial charge in [-0.3, -0.25) is 4.79 Å². The van der Waals surface area contributed by atoms with Crippen LogP contribution in [0.3, 0.4) is 0 Å². The Morgan fingerprint density at radius 2 is 2.21 bits per heavy atom. The quantitative estimate of drug-likeness (QED) is 0.784. The van der Waals surface area contributed by atoms with Crippen LogP contribution < -0.4 is 16.4 Å². The number of primary amides is 1. The average Bonchev–Trinajstić information content (AvgIpc) is 3.15. The number of benzene rings is 1. The second-order valence-electron chi connectivity index (χ2n) is 4.59. The first kappa shape index (κ1) is 13.1. The maximum absolute atomic E-state index is 14.0. The Bertz CT molecular complexity index is 548. The fourth-order valence-electron chi connectivity index (χ4n) is 2.07. The lowest BCUT2D eigenvalue weighted by Gasteiger charge is -2.24. The summed E-state index contributed by atoms with van der Waals surface area (Å²) in [5, 5.41) is 8.66. The Labute approximate surface area is 110 Å². The molecule has 0 heterocycles. The van der Waals surface area contributed by atoms with Crippen LogP contribution >= 0.6 is 0 Å². The molecule has 0 radical (unpaired) electrons. The molecule has 6 heteroatoms. The topological polar surface area (TPSA) is 96.1 Å². The van der Waals surface area contributed by atoms with Gasteiger partial charge in [0.25, 0.3) is 5.91 Å². The molecule has 1 aliphatic rings. The molecular formula is C13H15FN4O. The van der Waals surface area contributed by atoms with Crippen molar-refractivity contribution in [2.75, 3.05) is 17.2 Å². The molecule has 1 amide bonds. The van der Waals surface area contributed by atoms with Gasteiger partial charge in [0.2, 0.25) is 0 Å². The number of rotatable bonds is 5. The van der Waals surface area contributed by atoms with Crippen molar-refractivity contribution in [3.8, 4) is 6.07 Å². The average molecular weight is 262 g/mol. The Hall–Kier alpha value is -2.29. The summed E-state index contributed by atoms with van der Waals surface area (Å²) in [6, 6.07) is 4.75. The highest BCUT2D eigenvalue weighted by Crippen LogP contribution is 2.35. The lowest BCUT2D eigenvalue weighted by Crippen LogP contribution is -2.28. The number of carbonyl (C=O) groups excluding carboxylic acids is 1. The van der Waals surface area contributed by atoms with E-state index in [1.54, 1.807) is 0 Å². The smallest absolute Gasteiger partial charge is 0.250 e. The molecule has 1 saturated carbocycles. The third-order valence-corrected chi connectivity index (χ3v) is 3.15. The molecule has 1 aromatic rings. The van der Waals surface area contributed by atoms with Gasteiger partial charge in [-0.05, 0) is 25.0 Å². The van der Waals surface area contributed by atoms with Gasteiger partial charge in [-0.2, -0.15) is 5.26 Å². The van der Waals surface area contributed by atoms with Crippen molar-refractivity contribution >= 4 is 17.3 Å². The number of nitriles is 1. The summed E-state index contributed by atoms with van der Waals surface area (Å²) in [6.07, 6.45) is 2.22. The van der Waals surface area contributed by atoms with Gasteiger partial charge >= 0.3 is 0 Å². The van der Waals surface area contributed by atoms with E-state index in [4.69, 9.17) is 16.7 Å². The van der Waals surface area contributed by atoms with Crippen LogP contribution in [0.5, 0.6) is 0 Å². The molecule has 0 saturated heterocycles. The largest absolute Gasteiger partial charge is 0.398 e. The second-order valence-corrected chi connectivity index (χ2v) is 4.59. The fourth-order valence-corrected chi connectivity index (χ4v) is 2.07. The zero-order valence-corrected chi connectivity index (χ0v) is 10.4. The Balaban J connectivity index is 2.38. The maximum Gasteiger partial charge on any atom is 0.250 e. The van der Waals surface area contributed by atoms with Crippen molar-refractivity contribution in [1.29, 1.82) is 5.26 Å². The van der Waals surface area contributed by atoms with E-state index < -0.39 is 11.7 Å². The normalized spacial score (nSPS) is 13.9. The van der Waals surface area contributed by atoms with Crippen molar-refractivity contribution in [2.24, 2.45) is 5.73 Å². The molecule has 4 N–H and O–H groups in total. The number of hydrogen-bond acceptors (Lipinski definition) is 4. The third kappa shape index (κ3) is 2.76. The van der Waals surface area contributed by atoms with E-state index in [9.17, 15) is 9.18 Å². The van der Waals surface area contributed by atoms with Crippen LogP contribution in [0.4, 0.5) is 15.8 Å². The summed E-state index contributed by atoms with van der Waals surface area (Å²) in [7, 11) is 0. The Morgan fingerprint density at radius 3 is 2.74 bits per heavy atom. The van der Waals surface area contributed by atoms with Crippen molar-refractivity contribution < 1.29 is 9.18 Å². The summed E-state index contributed by atoms with van der Waals surface area (Å²) in [5.41, 5.74) is 11.2. The van der Waals surface area contributed by atoms with Crippen LogP contribution in [0.15, 0.2) is 12.1 Å². The van der Waals surface area contributed by atoms with E-state index >= 15 is 0 Å². The number of halogens is 1. The first-order valence-corrected chi connectivity index (χ1v) is 6.07. The molecule has 1 fully saturated rings. The van der Waals surface area contributed by atoms with E-state index in [1.165, 1.54) is 6.07 Å². The van der Waals surface area contributed by atoms with E-state index in [1.807, 2.05) is 11.0 Å². The minimum absolute atomic E-state index is 0.0322. The van der Waals surface area contributed by atoms with Crippen LogP contribution in [0, 0.1) is 17.1 Å². The standard InChI is InChI=1S/C13H15FN4O/c14-10-7-11(16)9(13(17)19)6-12(10)18(5-1-4-15)8-2-3-8/h6-8H,1-3,5,16H2,(H2,17,19). The summed E-state index contributed by atoms with van der Waals surface area (Å²) in [4.78, 5) is 13.1. The molecule has 0 aliphatic heterocycles. The van der Waals surface area contributed by atoms with Gasteiger partial charge in [-0.1, -0.05) is 0 Å². The summed E-state index contributed by atoms with van der Waals surface area (Å²) in [6.45, 7) is 0.431. The van der Waals surface area contributed by atoms with Gasteiger partial charge in [-0.25, -0.2) is 4.39 Å². The Kier molecular flexibility index (Phi) is 3.56. The van der Waals surface area contributed by atoms with Gasteiger partial charge in [0.1, 0.15) is 5.82 Å². The van der Waals surface area contributed by atoms with E-state index in [0.717, 1.165) is 18.9 Å². The minimum Gasteiger partial charge on any atom is -0.398 e. The number of hydrogen-bond donors (Lipinski definition) is 2. The molecular weight excluding hydrogens is 247 g/mol. The van der Waals surface area contributed by atoms with Gasteiger partial charge in [-0.15, -0.1) is 0 Å². The van der Waals surface area contributed by atoms with Crippen molar-refractivity contribution in [1.82, 2.24) is 0 Å². The van der Waals surface area contributed by atoms with Crippen LogP contribution in [0.25, 0.3) is 0 Å². The van der Waals surface area contributed by atoms with Crippen LogP contribution in [0.1, 0.15) is 29.6 Å². The van der Waals surface area contributed by atoms with E-state index in [-0.39, 0.29) is 17.3 Å². The summed E-state index contributed by atoms with van der Waals surface area (Å²) >= 11 is 0. The molecule has 0 bridgehead atoms. The van der Waals surface area contributed by atoms with Crippen LogP contribution in [-0.4, -0.2) is 18.5 Å². The van der Waals surface area contributed by atoms with Crippen molar-refractivity contribution in [3.05, 3.63) is 23.5 Å². The molecule has 0 unspecified atom stereocenters. The molecule has 100 valence electrons. The van der Waals surface area contributed by atoms with Gasteiger partial charge in [0, 0.05) is 18.3 Å². The first-order valence-electron chi connectivity index (χ1n) is 6.07. The number of anilines is 2. The van der Waals surface area contributed by atoms with Crippen molar-refractivity contribution in [3.63, 3.8) is 0 Å². The predicted octanol–water partition coefficient (Wildman–Crippen LogP) is 1.39. The molecule has 19 heavy (non-hydrogen) atoms. The highest BCUT2D eigenvalue weighted by atomic mass is 19.1. The first-order chi connectivity index (χ1) is 9.04. The van der Waals surface area contributed by atoms with E-state index in [2.05, 4.69) is 0 Å². The van der Waals surface area contributed by atoms with Gasteiger partial charge in [0.15, 0.2) is 0 Å². The maximum atomic E-state index is 14.0. The van der Waals surface area contributed by atoms with Gasteiger partial charge < -0.3 is 16.4 Å². The van der Waals surface area contributed by atoms with Gasteiger partial charge in [0.05, 0.1) is 23.7 Å². The highest BCUT2D eigenvalue weighted by molar-refractivity contribution is 5.99. The molecule has 0 aromatic heterocycles. The second kappa shape index (κ2) is 5.14. The number of amides is 1. The van der Waals surface area contributed by atoms with E-state index in [0.29, 0.717) is 18.7 Å². The predicted molar refractivity (Wildman–Crippen MR) is 69.9 cm³/mol. The molecule has 0 atom stereocenters. The van der Waals surface area contributed by atoms with Crippen LogP contribution in [-0.2, 0) is 0 Å².